The molecule has 1 fully saturated rings. The first-order valence-electron chi connectivity index (χ1n) is 11.8. The SMILES string of the molecule is COc1ccc(N2C(=O)NC(=O)/C(=C\c3ccc(OCc4c(C)ccc5ccccc45)c(Br)c3)C2=O)cc1. The van der Waals surface area contributed by atoms with Gasteiger partial charge in [-0.25, -0.2) is 9.69 Å². The topological polar surface area (TPSA) is 84.9 Å². The average molecular weight is 571 g/mol. The van der Waals surface area contributed by atoms with Crippen LogP contribution in [0.2, 0.25) is 0 Å². The van der Waals surface area contributed by atoms with Crippen LogP contribution < -0.4 is 19.7 Å². The third-order valence-electron chi connectivity index (χ3n) is 6.35. The second-order valence-electron chi connectivity index (χ2n) is 8.72. The molecule has 7 nitrogen and oxygen atoms in total. The summed E-state index contributed by atoms with van der Waals surface area (Å²) >= 11 is 3.54. The quantitative estimate of drug-likeness (QED) is 0.221. The number of nitrogens with one attached hydrogen (secondary N) is 1. The van der Waals surface area contributed by atoms with Gasteiger partial charge in [-0.15, -0.1) is 0 Å². The molecule has 0 radical (unpaired) electrons. The van der Waals surface area contributed by atoms with Crippen molar-refractivity contribution in [3.05, 3.63) is 106 Å². The summed E-state index contributed by atoms with van der Waals surface area (Å²) in [6, 6.07) is 23.2. The van der Waals surface area contributed by atoms with E-state index >= 15 is 0 Å². The smallest absolute Gasteiger partial charge is 0.335 e. The highest BCUT2D eigenvalue weighted by molar-refractivity contribution is 9.10. The van der Waals surface area contributed by atoms with E-state index in [1.54, 1.807) is 42.5 Å². The molecule has 8 heteroatoms. The van der Waals surface area contributed by atoms with E-state index in [1.807, 2.05) is 12.1 Å². The fourth-order valence-corrected chi connectivity index (χ4v) is 4.81. The van der Waals surface area contributed by atoms with Gasteiger partial charge in [-0.3, -0.25) is 14.9 Å². The Morgan fingerprint density at radius 3 is 2.45 bits per heavy atom. The number of carbonyl (C=O) groups is 3. The van der Waals surface area contributed by atoms with Crippen molar-refractivity contribution >= 4 is 56.3 Å². The summed E-state index contributed by atoms with van der Waals surface area (Å²) in [6.45, 7) is 2.44. The number of methoxy groups -OCH3 is 1. The van der Waals surface area contributed by atoms with Crippen LogP contribution >= 0.6 is 15.9 Å². The fourth-order valence-electron chi connectivity index (χ4n) is 4.30. The maximum Gasteiger partial charge on any atom is 0.335 e. The number of hydrogen-bond acceptors (Lipinski definition) is 5. The van der Waals surface area contributed by atoms with Gasteiger partial charge in [-0.05, 0) is 87.2 Å². The zero-order valence-electron chi connectivity index (χ0n) is 20.7. The van der Waals surface area contributed by atoms with E-state index in [0.717, 1.165) is 26.8 Å². The van der Waals surface area contributed by atoms with Crippen molar-refractivity contribution < 1.29 is 23.9 Å². The first-order chi connectivity index (χ1) is 18.4. The fraction of sp³-hybridized carbons (Fsp3) is 0.100. The Labute approximate surface area is 227 Å². The summed E-state index contributed by atoms with van der Waals surface area (Å²) in [5, 5.41) is 4.52. The van der Waals surface area contributed by atoms with Crippen molar-refractivity contribution in [2.24, 2.45) is 0 Å². The van der Waals surface area contributed by atoms with Crippen LogP contribution in [0, 0.1) is 6.92 Å². The van der Waals surface area contributed by atoms with Gasteiger partial charge in [0, 0.05) is 5.56 Å². The summed E-state index contributed by atoms with van der Waals surface area (Å²) in [7, 11) is 1.52. The molecule has 1 aliphatic heterocycles. The molecule has 5 rings (SSSR count). The van der Waals surface area contributed by atoms with E-state index < -0.39 is 17.8 Å². The van der Waals surface area contributed by atoms with Gasteiger partial charge in [0.25, 0.3) is 11.8 Å². The molecule has 0 unspecified atom stereocenters. The Bertz CT molecular complexity index is 1610. The van der Waals surface area contributed by atoms with Crippen LogP contribution in [0.1, 0.15) is 16.7 Å². The molecule has 4 aromatic rings. The summed E-state index contributed by atoms with van der Waals surface area (Å²) < 4.78 is 11.9. The van der Waals surface area contributed by atoms with Gasteiger partial charge in [-0.1, -0.05) is 42.5 Å². The van der Waals surface area contributed by atoms with Crippen LogP contribution in [-0.2, 0) is 16.2 Å². The molecule has 0 aliphatic carbocycles. The van der Waals surface area contributed by atoms with Gasteiger partial charge in [0.2, 0.25) is 0 Å². The molecular weight excluding hydrogens is 548 g/mol. The number of ether oxygens (including phenoxy) is 2. The molecule has 0 bridgehead atoms. The molecule has 1 heterocycles. The second-order valence-corrected chi connectivity index (χ2v) is 9.57. The number of fused-ring (bicyclic) bond motifs is 1. The van der Waals surface area contributed by atoms with Crippen molar-refractivity contribution in [3.63, 3.8) is 0 Å². The van der Waals surface area contributed by atoms with Gasteiger partial charge in [-0.2, -0.15) is 0 Å². The normalized spacial score (nSPS) is 14.7. The number of urea groups is 1. The molecule has 4 amide bonds. The van der Waals surface area contributed by atoms with Gasteiger partial charge >= 0.3 is 6.03 Å². The number of aryl methyl sites for hydroxylation is 1. The molecule has 0 aromatic heterocycles. The lowest BCUT2D eigenvalue weighted by atomic mass is 10.0. The lowest BCUT2D eigenvalue weighted by molar-refractivity contribution is -0.122. The lowest BCUT2D eigenvalue weighted by Crippen LogP contribution is -2.54. The van der Waals surface area contributed by atoms with Gasteiger partial charge in [0.15, 0.2) is 0 Å². The minimum absolute atomic E-state index is 0.160. The third-order valence-corrected chi connectivity index (χ3v) is 6.97. The van der Waals surface area contributed by atoms with Gasteiger partial charge in [0.05, 0.1) is 17.3 Å². The predicted octanol–water partition coefficient (Wildman–Crippen LogP) is 6.16. The van der Waals surface area contributed by atoms with E-state index in [9.17, 15) is 14.4 Å². The van der Waals surface area contributed by atoms with Crippen LogP contribution in [0.4, 0.5) is 10.5 Å². The average Bonchev–Trinajstić information content (AvgIpc) is 2.91. The number of halogens is 1. The molecule has 1 N–H and O–H groups in total. The number of anilines is 1. The van der Waals surface area contributed by atoms with E-state index in [2.05, 4.69) is 52.4 Å². The molecule has 190 valence electrons. The summed E-state index contributed by atoms with van der Waals surface area (Å²) in [5.74, 6) is -0.276. The van der Waals surface area contributed by atoms with Crippen LogP contribution in [0.15, 0.2) is 88.9 Å². The number of hydrogen-bond donors (Lipinski definition) is 1. The first-order valence-corrected chi connectivity index (χ1v) is 12.6. The van der Waals surface area contributed by atoms with Crippen molar-refractivity contribution in [2.75, 3.05) is 12.0 Å². The van der Waals surface area contributed by atoms with Crippen LogP contribution in [0.5, 0.6) is 11.5 Å². The third kappa shape index (κ3) is 4.90. The Kier molecular flexibility index (Phi) is 6.98. The minimum Gasteiger partial charge on any atom is -0.497 e. The zero-order chi connectivity index (χ0) is 26.8. The molecule has 1 saturated heterocycles. The number of barbiturate groups is 1. The highest BCUT2D eigenvalue weighted by Gasteiger charge is 2.36. The number of amides is 4. The van der Waals surface area contributed by atoms with Crippen molar-refractivity contribution in [2.45, 2.75) is 13.5 Å². The van der Waals surface area contributed by atoms with Crippen LogP contribution in [0.25, 0.3) is 16.8 Å². The number of nitrogens with zero attached hydrogens (tertiary/aromatic N) is 1. The summed E-state index contributed by atoms with van der Waals surface area (Å²) in [6.07, 6.45) is 1.45. The van der Waals surface area contributed by atoms with E-state index in [-0.39, 0.29) is 5.57 Å². The number of carbonyl (C=O) groups excluding carboxylic acids is 3. The van der Waals surface area contributed by atoms with E-state index in [0.29, 0.717) is 33.8 Å². The number of rotatable bonds is 6. The monoisotopic (exact) mass is 570 g/mol. The van der Waals surface area contributed by atoms with Crippen LogP contribution in [0.3, 0.4) is 0 Å². The van der Waals surface area contributed by atoms with Crippen molar-refractivity contribution in [1.29, 1.82) is 0 Å². The number of benzene rings is 4. The van der Waals surface area contributed by atoms with Gasteiger partial charge < -0.3 is 9.47 Å². The van der Waals surface area contributed by atoms with E-state index in [1.165, 1.54) is 13.2 Å². The first kappa shape index (κ1) is 25.2. The van der Waals surface area contributed by atoms with Crippen molar-refractivity contribution in [1.82, 2.24) is 5.32 Å². The molecule has 38 heavy (non-hydrogen) atoms. The predicted molar refractivity (Wildman–Crippen MR) is 149 cm³/mol. The Morgan fingerprint density at radius 2 is 1.71 bits per heavy atom. The highest BCUT2D eigenvalue weighted by atomic mass is 79.9. The van der Waals surface area contributed by atoms with E-state index in [4.69, 9.17) is 9.47 Å². The molecule has 0 atom stereocenters. The largest absolute Gasteiger partial charge is 0.497 e. The molecule has 1 aliphatic rings. The Morgan fingerprint density at radius 1 is 0.947 bits per heavy atom. The molecule has 0 spiro atoms. The Balaban J connectivity index is 1.38. The van der Waals surface area contributed by atoms with Crippen molar-refractivity contribution in [3.8, 4) is 11.5 Å². The van der Waals surface area contributed by atoms with Crippen LogP contribution in [-0.4, -0.2) is 25.0 Å². The standard InChI is InChI=1S/C30H23BrN2O5/c1-18-7-9-20-5-3-4-6-23(20)25(18)17-38-27-14-8-19(16-26(27)31)15-24-28(34)32-30(36)33(29(24)35)21-10-12-22(37-2)13-11-21/h3-16H,17H2,1-2H3,(H,32,34,36)/b24-15+. The minimum atomic E-state index is -0.809. The molecule has 4 aromatic carbocycles. The molecular formula is C30H23BrN2O5. The Hall–Kier alpha value is -4.43. The molecule has 0 saturated carbocycles. The second kappa shape index (κ2) is 10.5. The zero-order valence-corrected chi connectivity index (χ0v) is 22.2. The maximum absolute atomic E-state index is 13.2. The maximum atomic E-state index is 13.2. The lowest BCUT2D eigenvalue weighted by Gasteiger charge is -2.26. The highest BCUT2D eigenvalue weighted by Crippen LogP contribution is 2.31. The number of imide groups is 2. The van der Waals surface area contributed by atoms with Gasteiger partial charge in [0.1, 0.15) is 23.7 Å². The summed E-state index contributed by atoms with van der Waals surface area (Å²) in [4.78, 5) is 39.1. The summed E-state index contributed by atoms with van der Waals surface area (Å²) in [5.41, 5.74) is 2.99.